The van der Waals surface area contributed by atoms with Crippen molar-refractivity contribution in [3.8, 4) is 0 Å². The third-order valence-corrected chi connectivity index (χ3v) is 3.98. The van der Waals surface area contributed by atoms with Crippen molar-refractivity contribution in [3.63, 3.8) is 0 Å². The molecule has 0 amide bonds. The van der Waals surface area contributed by atoms with E-state index in [4.69, 9.17) is 0 Å². The van der Waals surface area contributed by atoms with E-state index in [0.717, 1.165) is 19.5 Å². The summed E-state index contributed by atoms with van der Waals surface area (Å²) in [6.45, 7) is 6.70. The highest BCUT2D eigenvalue weighted by Gasteiger charge is 2.14. The zero-order chi connectivity index (χ0) is 12.0. The van der Waals surface area contributed by atoms with Crippen LogP contribution >= 0.6 is 11.3 Å². The molecule has 0 aliphatic carbocycles. The Morgan fingerprint density at radius 3 is 2.69 bits per heavy atom. The molecule has 0 radical (unpaired) electrons. The second kappa shape index (κ2) is 7.05. The fourth-order valence-corrected chi connectivity index (χ4v) is 2.43. The summed E-state index contributed by atoms with van der Waals surface area (Å²) >= 11 is 1.82. The van der Waals surface area contributed by atoms with Gasteiger partial charge in [-0.05, 0) is 36.8 Å². The molecule has 92 valence electrons. The van der Waals surface area contributed by atoms with Crippen LogP contribution in [0.4, 0.5) is 0 Å². The fraction of sp³-hybridized carbons (Fsp3) is 0.692. The van der Waals surface area contributed by atoms with Crippen molar-refractivity contribution in [1.82, 2.24) is 4.90 Å². The molecular formula is C13H23NOS. The first-order valence-electron chi connectivity index (χ1n) is 5.95. The molecule has 0 saturated heterocycles. The lowest BCUT2D eigenvalue weighted by Gasteiger charge is -2.25. The third-order valence-electron chi connectivity index (χ3n) is 3.04. The first-order chi connectivity index (χ1) is 7.63. The topological polar surface area (TPSA) is 23.5 Å². The zero-order valence-corrected chi connectivity index (χ0v) is 11.3. The first kappa shape index (κ1) is 13.7. The van der Waals surface area contributed by atoms with Crippen LogP contribution in [0.2, 0.25) is 0 Å². The highest BCUT2D eigenvalue weighted by molar-refractivity contribution is 7.09. The predicted molar refractivity (Wildman–Crippen MR) is 70.9 cm³/mol. The molecular weight excluding hydrogens is 218 g/mol. The molecule has 1 aromatic rings. The van der Waals surface area contributed by atoms with Crippen LogP contribution in [0.25, 0.3) is 0 Å². The van der Waals surface area contributed by atoms with Gasteiger partial charge in [-0.15, -0.1) is 11.3 Å². The molecule has 2 nitrogen and oxygen atoms in total. The summed E-state index contributed by atoms with van der Waals surface area (Å²) in [5.41, 5.74) is 0. The molecule has 1 unspecified atom stereocenters. The van der Waals surface area contributed by atoms with E-state index in [2.05, 4.69) is 43.3 Å². The third kappa shape index (κ3) is 4.64. The van der Waals surface area contributed by atoms with Gasteiger partial charge in [0.15, 0.2) is 0 Å². The largest absolute Gasteiger partial charge is 0.396 e. The minimum atomic E-state index is 0.293. The number of nitrogens with zero attached hydrogens (tertiary/aromatic N) is 1. The molecule has 1 aromatic heterocycles. The standard InChI is InChI=1S/C13H23NOS/c1-11(2)12(10-15)9-14(3)7-6-13-5-4-8-16-13/h4-5,8,11-12,15H,6-7,9-10H2,1-3H3. The van der Waals surface area contributed by atoms with E-state index in [1.807, 2.05) is 11.3 Å². The Morgan fingerprint density at radius 2 is 2.19 bits per heavy atom. The van der Waals surface area contributed by atoms with E-state index in [1.54, 1.807) is 0 Å². The maximum atomic E-state index is 9.27. The summed E-state index contributed by atoms with van der Waals surface area (Å²) in [4.78, 5) is 3.76. The quantitative estimate of drug-likeness (QED) is 0.793. The van der Waals surface area contributed by atoms with Crippen LogP contribution in [-0.4, -0.2) is 36.8 Å². The summed E-state index contributed by atoms with van der Waals surface area (Å²) in [6.07, 6.45) is 1.12. The fourth-order valence-electron chi connectivity index (χ4n) is 1.73. The Bertz CT molecular complexity index is 271. The molecule has 0 fully saturated rings. The van der Waals surface area contributed by atoms with E-state index >= 15 is 0 Å². The molecule has 1 rings (SSSR count). The Balaban J connectivity index is 2.27. The zero-order valence-electron chi connectivity index (χ0n) is 10.5. The monoisotopic (exact) mass is 241 g/mol. The summed E-state index contributed by atoms with van der Waals surface area (Å²) in [5, 5.41) is 11.4. The second-order valence-corrected chi connectivity index (χ2v) is 5.81. The lowest BCUT2D eigenvalue weighted by molar-refractivity contribution is 0.147. The van der Waals surface area contributed by atoms with Crippen LogP contribution in [0.15, 0.2) is 17.5 Å². The molecule has 0 bridgehead atoms. The Hall–Kier alpha value is -0.380. The van der Waals surface area contributed by atoms with Crippen molar-refractivity contribution in [2.24, 2.45) is 11.8 Å². The number of hydrogen-bond acceptors (Lipinski definition) is 3. The van der Waals surface area contributed by atoms with Crippen molar-refractivity contribution in [1.29, 1.82) is 0 Å². The molecule has 0 aliphatic heterocycles. The van der Waals surface area contributed by atoms with Crippen LogP contribution in [0.5, 0.6) is 0 Å². The van der Waals surface area contributed by atoms with Crippen LogP contribution < -0.4 is 0 Å². The van der Waals surface area contributed by atoms with E-state index < -0.39 is 0 Å². The van der Waals surface area contributed by atoms with Gasteiger partial charge in [0.1, 0.15) is 0 Å². The minimum Gasteiger partial charge on any atom is -0.396 e. The summed E-state index contributed by atoms with van der Waals surface area (Å²) < 4.78 is 0. The van der Waals surface area contributed by atoms with Crippen molar-refractivity contribution < 1.29 is 5.11 Å². The number of thiophene rings is 1. The molecule has 0 spiro atoms. The lowest BCUT2D eigenvalue weighted by Crippen LogP contribution is -2.31. The average Bonchev–Trinajstić information content (AvgIpc) is 2.75. The smallest absolute Gasteiger partial charge is 0.0473 e. The molecule has 1 N–H and O–H groups in total. The van der Waals surface area contributed by atoms with Gasteiger partial charge in [-0.3, -0.25) is 0 Å². The molecule has 0 aromatic carbocycles. The highest BCUT2D eigenvalue weighted by atomic mass is 32.1. The lowest BCUT2D eigenvalue weighted by atomic mass is 9.96. The maximum Gasteiger partial charge on any atom is 0.0473 e. The van der Waals surface area contributed by atoms with Gasteiger partial charge in [0.2, 0.25) is 0 Å². The van der Waals surface area contributed by atoms with Gasteiger partial charge < -0.3 is 10.0 Å². The maximum absolute atomic E-state index is 9.27. The SMILES string of the molecule is CC(C)C(CO)CN(C)CCc1cccs1. The number of aliphatic hydroxyl groups is 1. The second-order valence-electron chi connectivity index (χ2n) is 4.78. The minimum absolute atomic E-state index is 0.293. The number of hydrogen-bond donors (Lipinski definition) is 1. The van der Waals surface area contributed by atoms with Crippen molar-refractivity contribution in [3.05, 3.63) is 22.4 Å². The Morgan fingerprint density at radius 1 is 1.44 bits per heavy atom. The summed E-state index contributed by atoms with van der Waals surface area (Å²) in [6, 6.07) is 4.29. The number of rotatable bonds is 7. The summed E-state index contributed by atoms with van der Waals surface area (Å²) in [5.74, 6) is 0.947. The van der Waals surface area contributed by atoms with Gasteiger partial charge in [-0.2, -0.15) is 0 Å². The molecule has 1 heterocycles. The van der Waals surface area contributed by atoms with Gasteiger partial charge in [0.25, 0.3) is 0 Å². The van der Waals surface area contributed by atoms with E-state index in [0.29, 0.717) is 18.4 Å². The van der Waals surface area contributed by atoms with Crippen LogP contribution in [0.3, 0.4) is 0 Å². The van der Waals surface area contributed by atoms with Crippen LogP contribution in [-0.2, 0) is 6.42 Å². The van der Waals surface area contributed by atoms with Gasteiger partial charge in [0.05, 0.1) is 0 Å². The van der Waals surface area contributed by atoms with Gasteiger partial charge >= 0.3 is 0 Å². The molecule has 3 heteroatoms. The first-order valence-corrected chi connectivity index (χ1v) is 6.83. The molecule has 16 heavy (non-hydrogen) atoms. The molecule has 1 atom stereocenters. The number of likely N-dealkylation sites (N-methyl/N-ethyl adjacent to an activating group) is 1. The van der Waals surface area contributed by atoms with Gasteiger partial charge in [0, 0.05) is 24.6 Å². The van der Waals surface area contributed by atoms with Crippen LogP contribution in [0.1, 0.15) is 18.7 Å². The van der Waals surface area contributed by atoms with E-state index in [9.17, 15) is 5.11 Å². The molecule has 0 aliphatic rings. The van der Waals surface area contributed by atoms with Crippen molar-refractivity contribution in [2.75, 3.05) is 26.7 Å². The van der Waals surface area contributed by atoms with E-state index in [1.165, 1.54) is 4.88 Å². The normalized spacial score (nSPS) is 13.6. The Kier molecular flexibility index (Phi) is 6.03. The highest BCUT2D eigenvalue weighted by Crippen LogP contribution is 2.13. The Labute approximate surface area is 103 Å². The van der Waals surface area contributed by atoms with Crippen molar-refractivity contribution in [2.45, 2.75) is 20.3 Å². The average molecular weight is 241 g/mol. The van der Waals surface area contributed by atoms with Gasteiger partial charge in [-0.25, -0.2) is 0 Å². The van der Waals surface area contributed by atoms with Crippen molar-refractivity contribution >= 4 is 11.3 Å². The van der Waals surface area contributed by atoms with E-state index in [-0.39, 0.29) is 0 Å². The summed E-state index contributed by atoms with van der Waals surface area (Å²) in [7, 11) is 2.14. The van der Waals surface area contributed by atoms with Gasteiger partial charge in [-0.1, -0.05) is 19.9 Å². The molecule has 0 saturated carbocycles. The number of aliphatic hydroxyl groups excluding tert-OH is 1. The predicted octanol–water partition coefficient (Wildman–Crippen LogP) is 2.49. The van der Waals surface area contributed by atoms with Crippen LogP contribution in [0, 0.1) is 11.8 Å².